The largest absolute Gasteiger partial charge is 0.467 e. The van der Waals surface area contributed by atoms with Gasteiger partial charge in [-0.25, -0.2) is 0 Å². The quantitative estimate of drug-likeness (QED) is 0.653. The molecular formula is C14H25NO3. The summed E-state index contributed by atoms with van der Waals surface area (Å²) in [4.78, 5) is 0. The Bertz CT molecular complexity index is 296. The molecule has 0 aliphatic rings. The molecule has 0 aliphatic carbocycles. The Morgan fingerprint density at radius 3 is 2.83 bits per heavy atom. The summed E-state index contributed by atoms with van der Waals surface area (Å²) in [6.45, 7) is 7.45. The Morgan fingerprint density at radius 1 is 1.33 bits per heavy atom. The molecule has 0 unspecified atom stereocenters. The highest BCUT2D eigenvalue weighted by atomic mass is 16.5. The van der Waals surface area contributed by atoms with E-state index in [0.717, 1.165) is 38.3 Å². The van der Waals surface area contributed by atoms with E-state index in [2.05, 4.69) is 19.2 Å². The van der Waals surface area contributed by atoms with Gasteiger partial charge in [0.25, 0.3) is 0 Å². The second-order valence-electron chi connectivity index (χ2n) is 4.95. The maximum Gasteiger partial charge on any atom is 0.129 e. The molecule has 0 saturated heterocycles. The summed E-state index contributed by atoms with van der Waals surface area (Å²) in [6.07, 6.45) is 3.68. The second kappa shape index (κ2) is 8.29. The van der Waals surface area contributed by atoms with Crippen LogP contribution in [0.4, 0.5) is 0 Å². The van der Waals surface area contributed by atoms with E-state index in [4.69, 9.17) is 13.9 Å². The Kier molecular flexibility index (Phi) is 7.01. The molecule has 4 nitrogen and oxygen atoms in total. The van der Waals surface area contributed by atoms with Gasteiger partial charge in [-0.15, -0.1) is 0 Å². The standard InChI is InChI=1S/C14H25NO3/c1-14(2,16-3)7-9-15-8-5-10-17-12-13-6-4-11-18-13/h4,6,11,15H,5,7-10,12H2,1-3H3. The summed E-state index contributed by atoms with van der Waals surface area (Å²) < 4.78 is 16.0. The number of nitrogens with one attached hydrogen (secondary N) is 1. The number of methoxy groups -OCH3 is 1. The van der Waals surface area contributed by atoms with Gasteiger partial charge < -0.3 is 19.2 Å². The van der Waals surface area contributed by atoms with Crippen LogP contribution in [-0.4, -0.2) is 32.4 Å². The van der Waals surface area contributed by atoms with Gasteiger partial charge in [-0.3, -0.25) is 0 Å². The minimum Gasteiger partial charge on any atom is -0.467 e. The first kappa shape index (κ1) is 15.2. The fourth-order valence-electron chi connectivity index (χ4n) is 1.48. The highest BCUT2D eigenvalue weighted by molar-refractivity contribution is 4.95. The van der Waals surface area contributed by atoms with E-state index in [1.807, 2.05) is 12.1 Å². The topological polar surface area (TPSA) is 43.6 Å². The van der Waals surface area contributed by atoms with Crippen LogP contribution in [0.2, 0.25) is 0 Å². The fourth-order valence-corrected chi connectivity index (χ4v) is 1.48. The molecule has 0 radical (unpaired) electrons. The SMILES string of the molecule is COC(C)(C)CCNCCCOCc1ccco1. The van der Waals surface area contributed by atoms with Gasteiger partial charge in [-0.1, -0.05) is 0 Å². The maximum atomic E-state index is 5.49. The molecule has 18 heavy (non-hydrogen) atoms. The summed E-state index contributed by atoms with van der Waals surface area (Å²) >= 11 is 0. The molecule has 0 fully saturated rings. The lowest BCUT2D eigenvalue weighted by atomic mass is 10.1. The predicted octanol–water partition coefficient (Wildman–Crippen LogP) is 2.59. The van der Waals surface area contributed by atoms with E-state index >= 15 is 0 Å². The number of hydrogen-bond donors (Lipinski definition) is 1. The molecule has 0 saturated carbocycles. The summed E-state index contributed by atoms with van der Waals surface area (Å²) in [5.74, 6) is 0.879. The zero-order chi connectivity index (χ0) is 13.3. The minimum absolute atomic E-state index is 0.0389. The third kappa shape index (κ3) is 6.79. The normalized spacial score (nSPS) is 11.9. The van der Waals surface area contributed by atoms with Gasteiger partial charge in [0.2, 0.25) is 0 Å². The lowest BCUT2D eigenvalue weighted by molar-refractivity contribution is 0.0157. The van der Waals surface area contributed by atoms with E-state index in [0.29, 0.717) is 6.61 Å². The third-order valence-corrected chi connectivity index (χ3v) is 2.92. The van der Waals surface area contributed by atoms with Crippen molar-refractivity contribution in [3.63, 3.8) is 0 Å². The molecule has 1 rings (SSSR count). The van der Waals surface area contributed by atoms with Crippen molar-refractivity contribution in [3.8, 4) is 0 Å². The van der Waals surface area contributed by atoms with Crippen molar-refractivity contribution in [2.45, 2.75) is 38.9 Å². The zero-order valence-corrected chi connectivity index (χ0v) is 11.7. The monoisotopic (exact) mass is 255 g/mol. The highest BCUT2D eigenvalue weighted by Crippen LogP contribution is 2.11. The van der Waals surface area contributed by atoms with Crippen LogP contribution in [0, 0.1) is 0 Å². The van der Waals surface area contributed by atoms with Gasteiger partial charge in [-0.05, 0) is 51.9 Å². The molecule has 0 atom stereocenters. The number of rotatable bonds is 10. The number of ether oxygens (including phenoxy) is 2. The molecule has 0 bridgehead atoms. The first-order chi connectivity index (χ1) is 8.64. The summed E-state index contributed by atoms with van der Waals surface area (Å²) in [6, 6.07) is 3.79. The van der Waals surface area contributed by atoms with E-state index in [-0.39, 0.29) is 5.60 Å². The van der Waals surface area contributed by atoms with Gasteiger partial charge in [-0.2, -0.15) is 0 Å². The first-order valence-electron chi connectivity index (χ1n) is 6.50. The lowest BCUT2D eigenvalue weighted by Gasteiger charge is -2.22. The molecule has 0 aromatic carbocycles. The van der Waals surface area contributed by atoms with Gasteiger partial charge >= 0.3 is 0 Å². The number of furan rings is 1. The maximum absolute atomic E-state index is 5.49. The van der Waals surface area contributed by atoms with Gasteiger partial charge in [0.1, 0.15) is 12.4 Å². The predicted molar refractivity (Wildman–Crippen MR) is 71.6 cm³/mol. The van der Waals surface area contributed by atoms with Crippen molar-refractivity contribution < 1.29 is 13.9 Å². The van der Waals surface area contributed by atoms with Crippen LogP contribution in [0.1, 0.15) is 32.4 Å². The average molecular weight is 255 g/mol. The summed E-state index contributed by atoms with van der Waals surface area (Å²) in [7, 11) is 1.75. The minimum atomic E-state index is -0.0389. The van der Waals surface area contributed by atoms with Gasteiger partial charge in [0.15, 0.2) is 0 Å². The Morgan fingerprint density at radius 2 is 2.17 bits per heavy atom. The van der Waals surface area contributed by atoms with Gasteiger partial charge in [0, 0.05) is 13.7 Å². The Balaban J connectivity index is 1.87. The Labute approximate surface area is 110 Å². The van der Waals surface area contributed by atoms with Crippen molar-refractivity contribution in [2.75, 3.05) is 26.8 Å². The molecule has 1 aromatic rings. The average Bonchev–Trinajstić information content (AvgIpc) is 2.85. The molecule has 0 aliphatic heterocycles. The third-order valence-electron chi connectivity index (χ3n) is 2.92. The van der Waals surface area contributed by atoms with Crippen LogP contribution >= 0.6 is 0 Å². The van der Waals surface area contributed by atoms with Crippen molar-refractivity contribution in [2.24, 2.45) is 0 Å². The van der Waals surface area contributed by atoms with Crippen LogP contribution in [0.3, 0.4) is 0 Å². The van der Waals surface area contributed by atoms with Crippen LogP contribution in [0.25, 0.3) is 0 Å². The molecule has 104 valence electrons. The van der Waals surface area contributed by atoms with E-state index in [1.165, 1.54) is 0 Å². The molecular weight excluding hydrogens is 230 g/mol. The van der Waals surface area contributed by atoms with E-state index < -0.39 is 0 Å². The summed E-state index contributed by atoms with van der Waals surface area (Å²) in [5, 5.41) is 3.39. The number of hydrogen-bond acceptors (Lipinski definition) is 4. The van der Waals surface area contributed by atoms with E-state index in [9.17, 15) is 0 Å². The smallest absolute Gasteiger partial charge is 0.129 e. The van der Waals surface area contributed by atoms with Crippen molar-refractivity contribution in [1.29, 1.82) is 0 Å². The Hall–Kier alpha value is -0.840. The molecule has 0 spiro atoms. The highest BCUT2D eigenvalue weighted by Gasteiger charge is 2.14. The van der Waals surface area contributed by atoms with E-state index in [1.54, 1.807) is 13.4 Å². The van der Waals surface area contributed by atoms with Crippen molar-refractivity contribution in [1.82, 2.24) is 5.32 Å². The molecule has 1 aromatic heterocycles. The van der Waals surface area contributed by atoms with Crippen molar-refractivity contribution >= 4 is 0 Å². The molecule has 0 amide bonds. The molecule has 1 heterocycles. The molecule has 1 N–H and O–H groups in total. The lowest BCUT2D eigenvalue weighted by Crippen LogP contribution is -2.29. The van der Waals surface area contributed by atoms with Crippen molar-refractivity contribution in [3.05, 3.63) is 24.2 Å². The second-order valence-corrected chi connectivity index (χ2v) is 4.95. The summed E-state index contributed by atoms with van der Waals surface area (Å²) in [5.41, 5.74) is -0.0389. The van der Waals surface area contributed by atoms with Crippen LogP contribution in [0.5, 0.6) is 0 Å². The first-order valence-corrected chi connectivity index (χ1v) is 6.50. The van der Waals surface area contributed by atoms with Crippen LogP contribution in [0.15, 0.2) is 22.8 Å². The fraction of sp³-hybridized carbons (Fsp3) is 0.714. The van der Waals surface area contributed by atoms with Crippen LogP contribution in [-0.2, 0) is 16.1 Å². The van der Waals surface area contributed by atoms with Crippen LogP contribution < -0.4 is 5.32 Å². The van der Waals surface area contributed by atoms with Gasteiger partial charge in [0.05, 0.1) is 11.9 Å². The molecule has 4 heteroatoms. The zero-order valence-electron chi connectivity index (χ0n) is 11.7.